The van der Waals surface area contributed by atoms with Crippen molar-refractivity contribution in [3.8, 4) is 0 Å². The summed E-state index contributed by atoms with van der Waals surface area (Å²) >= 11 is 0. The lowest BCUT2D eigenvalue weighted by Gasteiger charge is -2.14. The Morgan fingerprint density at radius 2 is 2.08 bits per heavy atom. The van der Waals surface area contributed by atoms with Crippen molar-refractivity contribution in [2.45, 2.75) is 0 Å². The van der Waals surface area contributed by atoms with E-state index in [0.717, 1.165) is 0 Å². The van der Waals surface area contributed by atoms with Gasteiger partial charge < -0.3 is 0 Å². The smallest absolute Gasteiger partial charge is 0.265 e. The van der Waals surface area contributed by atoms with Gasteiger partial charge in [0.15, 0.2) is 0 Å². The molecule has 1 amide bonds. The number of nitrogens with one attached hydrogen (secondary N) is 1. The molecule has 0 saturated heterocycles. The van der Waals surface area contributed by atoms with Crippen LogP contribution in [0.3, 0.4) is 0 Å². The molecule has 68 valence electrons. The first-order valence-corrected chi connectivity index (χ1v) is 5.64. The van der Waals surface area contributed by atoms with Crippen LogP contribution in [0.1, 0.15) is 10.4 Å². The van der Waals surface area contributed by atoms with Gasteiger partial charge in [-0.3, -0.25) is 9.52 Å². The van der Waals surface area contributed by atoms with Crippen molar-refractivity contribution in [1.29, 1.82) is 0 Å². The van der Waals surface area contributed by atoms with Crippen molar-refractivity contribution >= 4 is 21.5 Å². The molecule has 1 heterocycles. The third kappa shape index (κ3) is 1.42. The Labute approximate surface area is 76.3 Å². The molecule has 5 heteroatoms. The summed E-state index contributed by atoms with van der Waals surface area (Å²) < 4.78 is 17.7. The quantitative estimate of drug-likeness (QED) is 0.674. The number of hydrogen-bond donors (Lipinski definition) is 1. The molecule has 1 N–H and O–H groups in total. The van der Waals surface area contributed by atoms with Crippen LogP contribution in [-0.2, 0) is 9.92 Å². The van der Waals surface area contributed by atoms with Gasteiger partial charge in [-0.25, -0.2) is 4.21 Å². The molecule has 13 heavy (non-hydrogen) atoms. The Morgan fingerprint density at radius 3 is 2.85 bits per heavy atom. The third-order valence-corrected chi connectivity index (χ3v) is 2.81. The zero-order chi connectivity index (χ0) is 9.47. The molecule has 0 saturated carbocycles. The first kappa shape index (κ1) is 8.25. The lowest BCUT2D eigenvalue weighted by Crippen LogP contribution is -2.31. The summed E-state index contributed by atoms with van der Waals surface area (Å²) in [7, 11) is -2.57. The average molecular weight is 196 g/mol. The van der Waals surface area contributed by atoms with Crippen LogP contribution in [0, 0.1) is 0 Å². The van der Waals surface area contributed by atoms with Crippen LogP contribution in [0.5, 0.6) is 0 Å². The van der Waals surface area contributed by atoms with Gasteiger partial charge in [0.05, 0.1) is 11.3 Å². The van der Waals surface area contributed by atoms with E-state index in [1.165, 1.54) is 6.26 Å². The highest BCUT2D eigenvalue weighted by molar-refractivity contribution is 7.91. The number of benzene rings is 1. The zero-order valence-corrected chi connectivity index (χ0v) is 7.80. The largest absolute Gasteiger partial charge is 0.268 e. The predicted molar refractivity (Wildman–Crippen MR) is 50.1 cm³/mol. The molecule has 0 aliphatic carbocycles. The number of nitrogens with zero attached hydrogens (tertiary/aromatic N) is 1. The van der Waals surface area contributed by atoms with Gasteiger partial charge in [0.1, 0.15) is 9.92 Å². The van der Waals surface area contributed by atoms with E-state index in [4.69, 9.17) is 0 Å². The van der Waals surface area contributed by atoms with Crippen LogP contribution < -0.4 is 4.72 Å². The van der Waals surface area contributed by atoms with Crippen LogP contribution >= 0.6 is 0 Å². The fourth-order valence-electron chi connectivity index (χ4n) is 1.18. The van der Waals surface area contributed by atoms with Gasteiger partial charge in [0.25, 0.3) is 5.91 Å². The molecule has 0 bridgehead atoms. The molecule has 1 atom stereocenters. The standard InChI is InChI=1S/C8H8N2O2S/c1-13(12)9-7-5-3-2-4-6(7)8(11)10-13/h2-5H,1H3,(H,9,10,11,12). The summed E-state index contributed by atoms with van der Waals surface area (Å²) in [4.78, 5) is 11.4. The number of carbonyl (C=O) groups excluding carboxylic acids is 1. The van der Waals surface area contributed by atoms with Gasteiger partial charge in [-0.05, 0) is 12.1 Å². The number of amides is 1. The van der Waals surface area contributed by atoms with E-state index in [0.29, 0.717) is 11.3 Å². The van der Waals surface area contributed by atoms with Crippen molar-refractivity contribution in [2.75, 3.05) is 6.26 Å². The fraction of sp³-hybridized carbons (Fsp3) is 0.125. The maximum Gasteiger partial charge on any atom is 0.265 e. The summed E-state index contributed by atoms with van der Waals surface area (Å²) in [6, 6.07) is 6.84. The molecule has 4 nitrogen and oxygen atoms in total. The predicted octanol–water partition coefficient (Wildman–Crippen LogP) is 1.07. The minimum absolute atomic E-state index is 0.321. The van der Waals surface area contributed by atoms with E-state index in [9.17, 15) is 9.00 Å². The summed E-state index contributed by atoms with van der Waals surface area (Å²) in [5.41, 5.74) is 0.974. The minimum atomic E-state index is -2.57. The molecule has 0 spiro atoms. The van der Waals surface area contributed by atoms with E-state index in [1.54, 1.807) is 24.3 Å². The van der Waals surface area contributed by atoms with Crippen molar-refractivity contribution in [1.82, 2.24) is 4.72 Å². The van der Waals surface area contributed by atoms with E-state index < -0.39 is 9.92 Å². The SMILES string of the molecule is CS1(=O)=Nc2ccccc2C(=O)N1. The first-order valence-electron chi connectivity index (χ1n) is 3.72. The first-order chi connectivity index (χ1) is 6.08. The van der Waals surface area contributed by atoms with E-state index >= 15 is 0 Å². The molecule has 0 radical (unpaired) electrons. The summed E-state index contributed by atoms with van der Waals surface area (Å²) in [5, 5.41) is 0. The van der Waals surface area contributed by atoms with Crippen molar-refractivity contribution in [3.05, 3.63) is 29.8 Å². The van der Waals surface area contributed by atoms with Gasteiger partial charge in [0, 0.05) is 6.26 Å². The highest BCUT2D eigenvalue weighted by Crippen LogP contribution is 2.23. The normalized spacial score (nSPS) is 25.8. The molecule has 0 fully saturated rings. The van der Waals surface area contributed by atoms with Crippen LogP contribution in [0.15, 0.2) is 28.6 Å². The van der Waals surface area contributed by atoms with Crippen LogP contribution in [0.2, 0.25) is 0 Å². The monoisotopic (exact) mass is 196 g/mol. The highest BCUT2D eigenvalue weighted by atomic mass is 32.2. The van der Waals surface area contributed by atoms with E-state index in [1.807, 2.05) is 0 Å². The summed E-state index contributed by atoms with van der Waals surface area (Å²) in [5.74, 6) is -0.321. The van der Waals surface area contributed by atoms with Crippen LogP contribution in [0.25, 0.3) is 0 Å². The van der Waals surface area contributed by atoms with Gasteiger partial charge in [-0.2, -0.15) is 4.36 Å². The Bertz CT molecular complexity index is 487. The van der Waals surface area contributed by atoms with E-state index in [-0.39, 0.29) is 5.91 Å². The highest BCUT2D eigenvalue weighted by Gasteiger charge is 2.19. The van der Waals surface area contributed by atoms with Gasteiger partial charge >= 0.3 is 0 Å². The van der Waals surface area contributed by atoms with Gasteiger partial charge in [-0.1, -0.05) is 12.1 Å². The topological polar surface area (TPSA) is 58.5 Å². The van der Waals surface area contributed by atoms with Crippen LogP contribution in [-0.4, -0.2) is 16.4 Å². The maximum absolute atomic E-state index is 11.5. The molecule has 2 rings (SSSR count). The lowest BCUT2D eigenvalue weighted by atomic mass is 10.2. The Kier molecular flexibility index (Phi) is 1.63. The maximum atomic E-state index is 11.5. The molecule has 1 aliphatic rings. The second-order valence-corrected chi connectivity index (χ2v) is 4.83. The van der Waals surface area contributed by atoms with Crippen molar-refractivity contribution in [3.63, 3.8) is 0 Å². The van der Waals surface area contributed by atoms with E-state index in [2.05, 4.69) is 9.08 Å². The molecular formula is C8H8N2O2S. The molecule has 1 aromatic carbocycles. The van der Waals surface area contributed by atoms with Crippen molar-refractivity contribution < 1.29 is 9.00 Å². The van der Waals surface area contributed by atoms with Crippen LogP contribution in [0.4, 0.5) is 5.69 Å². The fourth-order valence-corrected chi connectivity index (χ4v) is 2.22. The van der Waals surface area contributed by atoms with Crippen molar-refractivity contribution in [2.24, 2.45) is 4.36 Å². The van der Waals surface area contributed by atoms with Gasteiger partial charge in [0.2, 0.25) is 0 Å². The zero-order valence-electron chi connectivity index (χ0n) is 6.98. The Hall–Kier alpha value is -1.36. The molecule has 0 aromatic heterocycles. The molecule has 1 aliphatic heterocycles. The number of hydrogen-bond acceptors (Lipinski definition) is 3. The summed E-state index contributed by atoms with van der Waals surface area (Å²) in [6.07, 6.45) is 1.40. The Morgan fingerprint density at radius 1 is 1.38 bits per heavy atom. The lowest BCUT2D eigenvalue weighted by molar-refractivity contribution is 0.0982. The number of fused-ring (bicyclic) bond motifs is 1. The summed E-state index contributed by atoms with van der Waals surface area (Å²) in [6.45, 7) is 0. The number of rotatable bonds is 0. The molecular weight excluding hydrogens is 188 g/mol. The average Bonchev–Trinajstić information content (AvgIpc) is 2.02. The number of carbonyl (C=O) groups is 1. The molecule has 1 unspecified atom stereocenters. The molecule has 1 aromatic rings. The van der Waals surface area contributed by atoms with Gasteiger partial charge in [-0.15, -0.1) is 0 Å². The second kappa shape index (κ2) is 2.56. The third-order valence-electron chi connectivity index (χ3n) is 1.70. The Balaban J connectivity index is 2.74. The minimum Gasteiger partial charge on any atom is -0.268 e. The second-order valence-electron chi connectivity index (χ2n) is 2.84.